The number of carbonyl (C=O) groups excluding carboxylic acids is 1. The molecule has 106 valence electrons. The highest BCUT2D eigenvalue weighted by atomic mass is 32.2. The predicted molar refractivity (Wildman–Crippen MR) is 79.4 cm³/mol. The zero-order valence-electron chi connectivity index (χ0n) is 11.6. The van der Waals surface area contributed by atoms with Gasteiger partial charge in [0.2, 0.25) is 5.91 Å². The smallest absolute Gasteiger partial charge is 0.230 e. The van der Waals surface area contributed by atoms with Gasteiger partial charge in [0.1, 0.15) is 0 Å². The number of ether oxygens (including phenoxy) is 1. The number of carbonyl (C=O) groups is 1. The van der Waals surface area contributed by atoms with Crippen molar-refractivity contribution in [3.63, 3.8) is 0 Å². The maximum Gasteiger partial charge on any atom is 0.230 e. The van der Waals surface area contributed by atoms with E-state index in [1.165, 1.54) is 5.56 Å². The van der Waals surface area contributed by atoms with E-state index in [1.807, 2.05) is 19.1 Å². The van der Waals surface area contributed by atoms with Crippen LogP contribution in [-0.2, 0) is 16.1 Å². The molecular weight excluding hydrogens is 260 g/mol. The number of thioether (sulfide) groups is 1. The largest absolute Gasteiger partial charge is 0.383 e. The normalized spacial score (nSPS) is 10.4. The van der Waals surface area contributed by atoms with Crippen LogP contribution in [0.3, 0.4) is 0 Å². The van der Waals surface area contributed by atoms with Crippen LogP contribution in [0.15, 0.2) is 29.2 Å². The van der Waals surface area contributed by atoms with Crippen molar-refractivity contribution < 1.29 is 9.53 Å². The molecule has 0 unspecified atom stereocenters. The Kier molecular flexibility index (Phi) is 8.29. The zero-order valence-corrected chi connectivity index (χ0v) is 12.4. The topological polar surface area (TPSA) is 50.4 Å². The number of methoxy groups -OCH3 is 1. The molecule has 1 amide bonds. The molecule has 1 aromatic carbocycles. The SMILES string of the molecule is CCNC(=O)CSc1cccc(CNCCOC)c1. The lowest BCUT2D eigenvalue weighted by molar-refractivity contribution is -0.118. The summed E-state index contributed by atoms with van der Waals surface area (Å²) in [4.78, 5) is 12.5. The first kappa shape index (κ1) is 16.0. The Balaban J connectivity index is 2.36. The highest BCUT2D eigenvalue weighted by Crippen LogP contribution is 2.18. The van der Waals surface area contributed by atoms with Crippen LogP contribution in [0.1, 0.15) is 12.5 Å². The van der Waals surface area contributed by atoms with Crippen LogP contribution < -0.4 is 10.6 Å². The zero-order chi connectivity index (χ0) is 13.9. The molecule has 0 heterocycles. The van der Waals surface area contributed by atoms with Crippen molar-refractivity contribution >= 4 is 17.7 Å². The van der Waals surface area contributed by atoms with Crippen LogP contribution in [0, 0.1) is 0 Å². The second kappa shape index (κ2) is 9.83. The monoisotopic (exact) mass is 282 g/mol. The maximum absolute atomic E-state index is 11.4. The second-order valence-electron chi connectivity index (χ2n) is 4.06. The van der Waals surface area contributed by atoms with E-state index in [0.29, 0.717) is 18.9 Å². The van der Waals surface area contributed by atoms with Crippen molar-refractivity contribution in [2.45, 2.75) is 18.4 Å². The molecule has 0 aliphatic rings. The lowest BCUT2D eigenvalue weighted by atomic mass is 10.2. The first-order chi connectivity index (χ1) is 9.26. The fraction of sp³-hybridized carbons (Fsp3) is 0.500. The quantitative estimate of drug-likeness (QED) is 0.534. The standard InChI is InChI=1S/C14H22N2O2S/c1-3-16-14(17)11-19-13-6-4-5-12(9-13)10-15-7-8-18-2/h4-6,9,15H,3,7-8,10-11H2,1-2H3,(H,16,17). The fourth-order valence-electron chi connectivity index (χ4n) is 1.55. The predicted octanol–water partition coefficient (Wildman–Crippen LogP) is 1.65. The van der Waals surface area contributed by atoms with Crippen LogP contribution in [0.4, 0.5) is 0 Å². The average Bonchev–Trinajstić information content (AvgIpc) is 2.42. The molecule has 19 heavy (non-hydrogen) atoms. The average molecular weight is 282 g/mol. The lowest BCUT2D eigenvalue weighted by Gasteiger charge is -2.07. The molecule has 0 saturated carbocycles. The van der Waals surface area contributed by atoms with Crippen LogP contribution in [0.2, 0.25) is 0 Å². The van der Waals surface area contributed by atoms with Crippen molar-refractivity contribution in [3.8, 4) is 0 Å². The minimum absolute atomic E-state index is 0.0797. The van der Waals surface area contributed by atoms with Gasteiger partial charge in [-0.1, -0.05) is 12.1 Å². The molecule has 0 atom stereocenters. The summed E-state index contributed by atoms with van der Waals surface area (Å²) in [6.07, 6.45) is 0. The first-order valence-corrected chi connectivity index (χ1v) is 7.43. The molecule has 1 rings (SSSR count). The number of nitrogens with one attached hydrogen (secondary N) is 2. The van der Waals surface area contributed by atoms with E-state index in [4.69, 9.17) is 4.74 Å². The number of amides is 1. The molecule has 1 aromatic rings. The molecule has 5 heteroatoms. The third-order valence-electron chi connectivity index (χ3n) is 2.45. The third kappa shape index (κ3) is 7.20. The summed E-state index contributed by atoms with van der Waals surface area (Å²) >= 11 is 1.56. The highest BCUT2D eigenvalue weighted by Gasteiger charge is 2.02. The number of rotatable bonds is 9. The summed E-state index contributed by atoms with van der Waals surface area (Å²) in [7, 11) is 1.69. The van der Waals surface area contributed by atoms with Crippen LogP contribution in [0.5, 0.6) is 0 Å². The molecule has 0 aromatic heterocycles. The summed E-state index contributed by atoms with van der Waals surface area (Å²) in [5.41, 5.74) is 1.22. The van der Waals surface area contributed by atoms with Gasteiger partial charge in [0, 0.05) is 31.6 Å². The van der Waals surface area contributed by atoms with Gasteiger partial charge in [-0.15, -0.1) is 11.8 Å². The number of hydrogen-bond acceptors (Lipinski definition) is 4. The summed E-state index contributed by atoms with van der Waals surface area (Å²) < 4.78 is 4.98. The van der Waals surface area contributed by atoms with Crippen molar-refractivity contribution in [2.75, 3.05) is 32.6 Å². The molecule has 0 fully saturated rings. The summed E-state index contributed by atoms with van der Waals surface area (Å²) in [6, 6.07) is 8.25. The number of hydrogen-bond donors (Lipinski definition) is 2. The minimum atomic E-state index is 0.0797. The van der Waals surface area contributed by atoms with Gasteiger partial charge in [-0.25, -0.2) is 0 Å². The third-order valence-corrected chi connectivity index (χ3v) is 3.45. The molecule has 2 N–H and O–H groups in total. The van der Waals surface area contributed by atoms with E-state index in [0.717, 1.165) is 18.0 Å². The van der Waals surface area contributed by atoms with Crippen molar-refractivity contribution in [2.24, 2.45) is 0 Å². The molecule has 0 aliphatic heterocycles. The second-order valence-corrected chi connectivity index (χ2v) is 5.11. The van der Waals surface area contributed by atoms with Crippen LogP contribution >= 0.6 is 11.8 Å². The van der Waals surface area contributed by atoms with Gasteiger partial charge in [-0.3, -0.25) is 4.79 Å². The molecule has 0 bridgehead atoms. The van der Waals surface area contributed by atoms with E-state index in [9.17, 15) is 4.79 Å². The molecule has 0 saturated heterocycles. The lowest BCUT2D eigenvalue weighted by Crippen LogP contribution is -2.24. The number of benzene rings is 1. The highest BCUT2D eigenvalue weighted by molar-refractivity contribution is 8.00. The van der Waals surface area contributed by atoms with Crippen LogP contribution in [0.25, 0.3) is 0 Å². The summed E-state index contributed by atoms with van der Waals surface area (Å²) in [6.45, 7) is 4.98. The minimum Gasteiger partial charge on any atom is -0.383 e. The van der Waals surface area contributed by atoms with E-state index < -0.39 is 0 Å². The Bertz CT molecular complexity index is 385. The first-order valence-electron chi connectivity index (χ1n) is 6.44. The van der Waals surface area contributed by atoms with Crippen molar-refractivity contribution in [3.05, 3.63) is 29.8 Å². The summed E-state index contributed by atoms with van der Waals surface area (Å²) in [5, 5.41) is 6.09. The van der Waals surface area contributed by atoms with Gasteiger partial charge < -0.3 is 15.4 Å². The Morgan fingerprint density at radius 1 is 1.42 bits per heavy atom. The maximum atomic E-state index is 11.4. The van der Waals surface area contributed by atoms with Crippen LogP contribution in [-0.4, -0.2) is 38.5 Å². The molecule has 0 aliphatic carbocycles. The van der Waals surface area contributed by atoms with E-state index in [-0.39, 0.29) is 5.91 Å². The van der Waals surface area contributed by atoms with Gasteiger partial charge in [-0.2, -0.15) is 0 Å². The van der Waals surface area contributed by atoms with Gasteiger partial charge in [0.25, 0.3) is 0 Å². The Morgan fingerprint density at radius 3 is 3.00 bits per heavy atom. The van der Waals surface area contributed by atoms with Gasteiger partial charge >= 0.3 is 0 Å². The Labute approximate surface area is 119 Å². The van der Waals surface area contributed by atoms with E-state index in [2.05, 4.69) is 22.8 Å². The molecule has 0 radical (unpaired) electrons. The van der Waals surface area contributed by atoms with E-state index in [1.54, 1.807) is 18.9 Å². The molecule has 4 nitrogen and oxygen atoms in total. The van der Waals surface area contributed by atoms with Crippen molar-refractivity contribution in [1.29, 1.82) is 0 Å². The fourth-order valence-corrected chi connectivity index (χ4v) is 2.36. The Morgan fingerprint density at radius 2 is 2.26 bits per heavy atom. The molecular formula is C14H22N2O2S. The van der Waals surface area contributed by atoms with Gasteiger partial charge in [-0.05, 0) is 24.6 Å². The summed E-state index contributed by atoms with van der Waals surface area (Å²) in [5.74, 6) is 0.546. The van der Waals surface area contributed by atoms with Gasteiger partial charge in [0.15, 0.2) is 0 Å². The molecule has 0 spiro atoms. The van der Waals surface area contributed by atoms with Crippen molar-refractivity contribution in [1.82, 2.24) is 10.6 Å². The van der Waals surface area contributed by atoms with E-state index >= 15 is 0 Å². The van der Waals surface area contributed by atoms with Gasteiger partial charge in [0.05, 0.1) is 12.4 Å². The Hall–Kier alpha value is -1.04.